The van der Waals surface area contributed by atoms with Crippen molar-refractivity contribution in [3.05, 3.63) is 29.3 Å². The van der Waals surface area contributed by atoms with Crippen molar-refractivity contribution in [1.29, 1.82) is 0 Å². The average molecular weight is 369 g/mol. The summed E-state index contributed by atoms with van der Waals surface area (Å²) in [6.07, 6.45) is -3.83. The zero-order chi connectivity index (χ0) is 18.9. The van der Waals surface area contributed by atoms with Crippen molar-refractivity contribution in [2.24, 2.45) is 0 Å². The minimum Gasteiger partial charge on any atom is -0.547 e. The van der Waals surface area contributed by atoms with E-state index in [1.807, 2.05) is 7.05 Å². The maximum absolute atomic E-state index is 13.1. The number of likely N-dealkylation sites (N-methyl/N-ethyl adjacent to an activating group) is 1. The number of alkyl halides is 3. The van der Waals surface area contributed by atoms with Gasteiger partial charge in [0.25, 0.3) is 5.91 Å². The lowest BCUT2D eigenvalue weighted by molar-refractivity contribution is -0.313. The van der Waals surface area contributed by atoms with Gasteiger partial charge in [0, 0.05) is 30.7 Å². The third kappa shape index (κ3) is 2.21. The molecule has 3 heterocycles. The zero-order valence-corrected chi connectivity index (χ0v) is 13.8. The summed E-state index contributed by atoms with van der Waals surface area (Å²) in [5.74, 6) is -2.42. The number of rotatable bonds is 2. The van der Waals surface area contributed by atoms with Gasteiger partial charge in [0.05, 0.1) is 17.2 Å². The molecule has 4 rings (SSSR count). The standard InChI is InChI=1S/C16H17F3N4O3/c1-22-6-10-5-9(22)7-23(10)13(24)15(14(25)26)11-3-2-8(16(17,18)19)4-12(11)20-21-15/h2-4,9-10,20-21H,5-7H2,1H3,(H,25,26)/p-1/t9-,10-,15?/m0/s1. The fourth-order valence-electron chi connectivity index (χ4n) is 4.13. The molecule has 1 unspecified atom stereocenters. The lowest BCUT2D eigenvalue weighted by atomic mass is 9.88. The number of carboxylic acid groups (broad SMARTS) is 1. The SMILES string of the molecule is CN1C[C@@H]2C[C@H]1CN2C(=O)C1(C(=O)[O-])NNc2cc(C(F)(F)F)ccc21. The quantitative estimate of drug-likeness (QED) is 0.684. The molecule has 10 heteroatoms. The Labute approximate surface area is 146 Å². The van der Waals surface area contributed by atoms with E-state index in [4.69, 9.17) is 0 Å². The zero-order valence-electron chi connectivity index (χ0n) is 13.8. The van der Waals surface area contributed by atoms with E-state index in [9.17, 15) is 27.9 Å². The van der Waals surface area contributed by atoms with E-state index in [2.05, 4.69) is 15.8 Å². The minimum absolute atomic E-state index is 0.0772. The first-order chi connectivity index (χ1) is 12.1. The molecule has 26 heavy (non-hydrogen) atoms. The molecule has 2 fully saturated rings. The average Bonchev–Trinajstić information content (AvgIpc) is 3.24. The number of carbonyl (C=O) groups excluding carboxylic acids is 2. The van der Waals surface area contributed by atoms with E-state index in [1.165, 1.54) is 4.90 Å². The Kier molecular flexibility index (Phi) is 3.51. The summed E-state index contributed by atoms with van der Waals surface area (Å²) < 4.78 is 38.7. The molecule has 0 spiro atoms. The Morgan fingerprint density at radius 1 is 1.27 bits per heavy atom. The number of anilines is 1. The van der Waals surface area contributed by atoms with Crippen molar-refractivity contribution in [3.63, 3.8) is 0 Å². The molecule has 2 saturated heterocycles. The molecule has 1 amide bonds. The number of likely N-dealkylation sites (tertiary alicyclic amines) is 2. The second-order valence-corrected chi connectivity index (χ2v) is 6.99. The largest absolute Gasteiger partial charge is 0.547 e. The number of halogens is 3. The number of benzene rings is 1. The van der Waals surface area contributed by atoms with Crippen LogP contribution < -0.4 is 16.0 Å². The highest BCUT2D eigenvalue weighted by atomic mass is 19.4. The number of aliphatic carboxylic acids is 1. The summed E-state index contributed by atoms with van der Waals surface area (Å²) in [6, 6.07) is 2.60. The van der Waals surface area contributed by atoms with Crippen LogP contribution in [0.2, 0.25) is 0 Å². The summed E-state index contributed by atoms with van der Waals surface area (Å²) in [6.45, 7) is 1.01. The molecule has 3 atom stereocenters. The third-order valence-electron chi connectivity index (χ3n) is 5.54. The monoisotopic (exact) mass is 369 g/mol. The summed E-state index contributed by atoms with van der Waals surface area (Å²) >= 11 is 0. The molecule has 1 aromatic carbocycles. The van der Waals surface area contributed by atoms with Gasteiger partial charge in [-0.2, -0.15) is 13.2 Å². The Morgan fingerprint density at radius 3 is 2.54 bits per heavy atom. The molecule has 1 aromatic rings. The summed E-state index contributed by atoms with van der Waals surface area (Å²) in [5, 5.41) is 11.9. The highest BCUT2D eigenvalue weighted by molar-refractivity contribution is 6.09. The number of nitrogens with zero attached hydrogens (tertiary/aromatic N) is 2. The van der Waals surface area contributed by atoms with Crippen LogP contribution in [0.5, 0.6) is 0 Å². The normalized spacial score (nSPS) is 30.4. The Hall–Kier alpha value is -2.33. The number of piperazine rings is 1. The maximum Gasteiger partial charge on any atom is 0.416 e. The predicted molar refractivity (Wildman–Crippen MR) is 81.4 cm³/mol. The van der Waals surface area contributed by atoms with Crippen LogP contribution in [0.3, 0.4) is 0 Å². The van der Waals surface area contributed by atoms with E-state index in [-0.39, 0.29) is 23.3 Å². The Bertz CT molecular complexity index is 797. The molecular weight excluding hydrogens is 353 g/mol. The molecule has 7 nitrogen and oxygen atoms in total. The van der Waals surface area contributed by atoms with Crippen molar-refractivity contribution in [2.75, 3.05) is 25.6 Å². The van der Waals surface area contributed by atoms with Gasteiger partial charge in [-0.1, -0.05) is 6.07 Å². The van der Waals surface area contributed by atoms with E-state index in [1.54, 1.807) is 0 Å². The van der Waals surface area contributed by atoms with E-state index < -0.39 is 29.2 Å². The van der Waals surface area contributed by atoms with Crippen molar-refractivity contribution < 1.29 is 27.9 Å². The first-order valence-corrected chi connectivity index (χ1v) is 8.12. The number of nitrogens with one attached hydrogen (secondary N) is 2. The van der Waals surface area contributed by atoms with Crippen molar-refractivity contribution >= 4 is 17.6 Å². The number of hydrogen-bond acceptors (Lipinski definition) is 6. The topological polar surface area (TPSA) is 87.7 Å². The second kappa shape index (κ2) is 5.34. The number of hydrogen-bond donors (Lipinski definition) is 2. The van der Waals surface area contributed by atoms with E-state index >= 15 is 0 Å². The molecule has 3 aliphatic heterocycles. The van der Waals surface area contributed by atoms with Gasteiger partial charge in [-0.15, -0.1) is 0 Å². The summed E-state index contributed by atoms with van der Waals surface area (Å²) in [7, 11) is 1.93. The lowest BCUT2D eigenvalue weighted by Gasteiger charge is -2.39. The molecule has 2 bridgehead atoms. The van der Waals surface area contributed by atoms with Crippen molar-refractivity contribution in [2.45, 2.75) is 30.2 Å². The van der Waals surface area contributed by atoms with Crippen LogP contribution >= 0.6 is 0 Å². The van der Waals surface area contributed by atoms with Gasteiger partial charge < -0.3 is 20.2 Å². The van der Waals surface area contributed by atoms with Crippen LogP contribution in [0.15, 0.2) is 18.2 Å². The predicted octanol–water partition coefficient (Wildman–Crippen LogP) is -0.504. The van der Waals surface area contributed by atoms with Gasteiger partial charge in [-0.05, 0) is 25.6 Å². The van der Waals surface area contributed by atoms with E-state index in [0.717, 1.165) is 24.6 Å². The van der Waals surface area contributed by atoms with Gasteiger partial charge in [-0.25, -0.2) is 5.43 Å². The van der Waals surface area contributed by atoms with Crippen LogP contribution in [0, 0.1) is 0 Å². The van der Waals surface area contributed by atoms with Crippen LogP contribution in [-0.2, 0) is 21.3 Å². The number of hydrazine groups is 1. The van der Waals surface area contributed by atoms with Gasteiger partial charge in [0.1, 0.15) is 0 Å². The molecule has 0 aromatic heterocycles. The number of carboxylic acids is 1. The molecule has 3 aliphatic rings. The number of amides is 1. The van der Waals surface area contributed by atoms with Crippen LogP contribution in [0.4, 0.5) is 18.9 Å². The number of carbonyl (C=O) groups is 2. The fraction of sp³-hybridized carbons (Fsp3) is 0.500. The fourth-order valence-corrected chi connectivity index (χ4v) is 4.13. The van der Waals surface area contributed by atoms with Gasteiger partial charge in [0.15, 0.2) is 5.54 Å². The highest BCUT2D eigenvalue weighted by Gasteiger charge is 2.54. The van der Waals surface area contributed by atoms with Crippen molar-refractivity contribution in [1.82, 2.24) is 15.2 Å². The smallest absolute Gasteiger partial charge is 0.416 e. The second-order valence-electron chi connectivity index (χ2n) is 6.99. The first kappa shape index (κ1) is 17.1. The van der Waals surface area contributed by atoms with Gasteiger partial charge >= 0.3 is 6.18 Å². The van der Waals surface area contributed by atoms with Gasteiger partial charge in [-0.3, -0.25) is 9.69 Å². The maximum atomic E-state index is 13.1. The highest BCUT2D eigenvalue weighted by Crippen LogP contribution is 2.41. The summed E-state index contributed by atoms with van der Waals surface area (Å²) in [4.78, 5) is 28.6. The lowest BCUT2D eigenvalue weighted by Crippen LogP contribution is -2.65. The minimum atomic E-state index is -4.58. The molecule has 140 valence electrons. The molecule has 2 N–H and O–H groups in total. The van der Waals surface area contributed by atoms with Crippen molar-refractivity contribution in [3.8, 4) is 0 Å². The molecule has 0 saturated carbocycles. The first-order valence-electron chi connectivity index (χ1n) is 8.12. The van der Waals surface area contributed by atoms with E-state index in [0.29, 0.717) is 13.1 Å². The summed E-state index contributed by atoms with van der Waals surface area (Å²) in [5.41, 5.74) is 1.43. The third-order valence-corrected chi connectivity index (χ3v) is 5.54. The van der Waals surface area contributed by atoms with Crippen LogP contribution in [-0.4, -0.2) is 53.9 Å². The van der Waals surface area contributed by atoms with Crippen LogP contribution in [0.25, 0.3) is 0 Å². The molecule has 0 radical (unpaired) electrons. The molecule has 0 aliphatic carbocycles. The van der Waals surface area contributed by atoms with Crippen LogP contribution in [0.1, 0.15) is 17.5 Å². The Morgan fingerprint density at radius 2 is 2.00 bits per heavy atom. The van der Waals surface area contributed by atoms with Gasteiger partial charge in [0.2, 0.25) is 0 Å². The molecular formula is C16H16F3N4O3-. The number of fused-ring (bicyclic) bond motifs is 3. The Balaban J connectivity index is 1.72.